The smallest absolute Gasteiger partial charge is 0.192 e. The van der Waals surface area contributed by atoms with Crippen LogP contribution in [0.1, 0.15) is 6.92 Å². The molecule has 1 saturated heterocycles. The third kappa shape index (κ3) is 1.22. The molecule has 5 heteroatoms. The van der Waals surface area contributed by atoms with Crippen LogP contribution in [0.4, 0.5) is 8.78 Å². The fourth-order valence-electron chi connectivity index (χ4n) is 1.33. The maximum Gasteiger partial charge on any atom is 0.192 e. The highest BCUT2D eigenvalue weighted by Gasteiger charge is 2.55. The van der Waals surface area contributed by atoms with Gasteiger partial charge in [0.15, 0.2) is 5.67 Å². The minimum absolute atomic E-state index is 0.503. The first-order valence-corrected chi connectivity index (χ1v) is 3.75. The summed E-state index contributed by atoms with van der Waals surface area (Å²) in [6.07, 6.45) is -3.61. The van der Waals surface area contributed by atoms with E-state index in [1.807, 2.05) is 0 Å². The van der Waals surface area contributed by atoms with E-state index in [0.717, 1.165) is 0 Å². The SMILES string of the molecule is C[C@@H]1O[C@H](CO)[C@H](O)C1(F)CF. The molecule has 2 N–H and O–H groups in total. The Balaban J connectivity index is 2.76. The Hall–Kier alpha value is -0.260. The molecule has 1 heterocycles. The summed E-state index contributed by atoms with van der Waals surface area (Å²) in [6, 6.07) is 0. The molecule has 0 spiro atoms. The van der Waals surface area contributed by atoms with Crippen LogP contribution in [0.15, 0.2) is 0 Å². The third-order valence-corrected chi connectivity index (χ3v) is 2.28. The maximum absolute atomic E-state index is 13.4. The Kier molecular flexibility index (Phi) is 2.65. The van der Waals surface area contributed by atoms with E-state index in [2.05, 4.69) is 0 Å². The summed E-state index contributed by atoms with van der Waals surface area (Å²) in [5, 5.41) is 17.8. The molecule has 0 aromatic carbocycles. The molecule has 0 aromatic heterocycles. The lowest BCUT2D eigenvalue weighted by Crippen LogP contribution is -2.45. The molecule has 1 fully saturated rings. The van der Waals surface area contributed by atoms with E-state index in [1.54, 1.807) is 0 Å². The summed E-state index contributed by atoms with van der Waals surface area (Å²) < 4.78 is 30.4. The van der Waals surface area contributed by atoms with Gasteiger partial charge in [-0.15, -0.1) is 0 Å². The average Bonchev–Trinajstić information content (AvgIpc) is 2.30. The second-order valence-corrected chi connectivity index (χ2v) is 3.00. The van der Waals surface area contributed by atoms with Crippen LogP contribution in [-0.2, 0) is 4.74 Å². The maximum atomic E-state index is 13.4. The molecule has 4 atom stereocenters. The van der Waals surface area contributed by atoms with Gasteiger partial charge in [0, 0.05) is 0 Å². The van der Waals surface area contributed by atoms with Crippen LogP contribution in [0.3, 0.4) is 0 Å². The van der Waals surface area contributed by atoms with Crippen LogP contribution >= 0.6 is 0 Å². The largest absolute Gasteiger partial charge is 0.394 e. The molecule has 0 radical (unpaired) electrons. The predicted octanol–water partition coefficient (Wildman–Crippen LogP) is -0.195. The fourth-order valence-corrected chi connectivity index (χ4v) is 1.33. The van der Waals surface area contributed by atoms with Gasteiger partial charge in [0.25, 0.3) is 0 Å². The Bertz CT molecular complexity index is 167. The average molecular weight is 182 g/mol. The molecule has 72 valence electrons. The lowest BCUT2D eigenvalue weighted by Gasteiger charge is -2.22. The van der Waals surface area contributed by atoms with Crippen LogP contribution in [0.25, 0.3) is 0 Å². The summed E-state index contributed by atoms with van der Waals surface area (Å²) in [4.78, 5) is 0. The molecule has 1 rings (SSSR count). The Labute approximate surface area is 69.0 Å². The number of hydrogen-bond acceptors (Lipinski definition) is 3. The van der Waals surface area contributed by atoms with Gasteiger partial charge >= 0.3 is 0 Å². The lowest BCUT2D eigenvalue weighted by molar-refractivity contribution is -0.0204. The van der Waals surface area contributed by atoms with E-state index in [1.165, 1.54) is 6.92 Å². The van der Waals surface area contributed by atoms with Crippen molar-refractivity contribution in [2.45, 2.75) is 30.9 Å². The van der Waals surface area contributed by atoms with E-state index in [-0.39, 0.29) is 0 Å². The first-order chi connectivity index (χ1) is 5.56. The second-order valence-electron chi connectivity index (χ2n) is 3.00. The molecule has 0 aromatic rings. The molecule has 0 amide bonds. The molecular formula is C7H12F2O3. The number of ether oxygens (including phenoxy) is 1. The van der Waals surface area contributed by atoms with Crippen LogP contribution in [0, 0.1) is 0 Å². The molecule has 1 aliphatic heterocycles. The Morgan fingerprint density at radius 2 is 2.17 bits per heavy atom. The van der Waals surface area contributed by atoms with Crippen molar-refractivity contribution < 1.29 is 23.7 Å². The molecule has 0 aliphatic carbocycles. The quantitative estimate of drug-likeness (QED) is 0.622. The Morgan fingerprint density at radius 1 is 1.58 bits per heavy atom. The zero-order valence-electron chi connectivity index (χ0n) is 6.70. The van der Waals surface area contributed by atoms with Gasteiger partial charge in [-0.2, -0.15) is 0 Å². The number of rotatable bonds is 2. The van der Waals surface area contributed by atoms with E-state index >= 15 is 0 Å². The van der Waals surface area contributed by atoms with E-state index in [4.69, 9.17) is 9.84 Å². The minimum Gasteiger partial charge on any atom is -0.394 e. The van der Waals surface area contributed by atoms with Gasteiger partial charge in [0.1, 0.15) is 18.9 Å². The molecule has 3 nitrogen and oxygen atoms in total. The van der Waals surface area contributed by atoms with Gasteiger partial charge in [0.2, 0.25) is 0 Å². The van der Waals surface area contributed by atoms with E-state index in [0.29, 0.717) is 0 Å². The number of halogens is 2. The zero-order chi connectivity index (χ0) is 9.35. The number of hydrogen-bond donors (Lipinski definition) is 2. The summed E-state index contributed by atoms with van der Waals surface area (Å²) in [7, 11) is 0. The highest BCUT2D eigenvalue weighted by molar-refractivity contribution is 5.02. The van der Waals surface area contributed by atoms with Crippen molar-refractivity contribution in [2.24, 2.45) is 0 Å². The van der Waals surface area contributed by atoms with Crippen LogP contribution in [-0.4, -0.2) is 47.5 Å². The summed E-state index contributed by atoms with van der Waals surface area (Å²) >= 11 is 0. The zero-order valence-corrected chi connectivity index (χ0v) is 6.70. The molecule has 1 unspecified atom stereocenters. The normalized spacial score (nSPS) is 48.2. The van der Waals surface area contributed by atoms with Gasteiger partial charge in [-0.05, 0) is 6.92 Å². The standard InChI is InChI=1S/C7H12F2O3/c1-4-7(9,3-8)6(11)5(2-10)12-4/h4-6,10-11H,2-3H2,1H3/t4-,5+,6-,7?/m0/s1. The third-order valence-electron chi connectivity index (χ3n) is 2.28. The highest BCUT2D eigenvalue weighted by Crippen LogP contribution is 2.34. The lowest BCUT2D eigenvalue weighted by atomic mass is 9.95. The van der Waals surface area contributed by atoms with Gasteiger partial charge < -0.3 is 14.9 Å². The van der Waals surface area contributed by atoms with Crippen molar-refractivity contribution in [1.82, 2.24) is 0 Å². The van der Waals surface area contributed by atoms with Crippen molar-refractivity contribution in [3.63, 3.8) is 0 Å². The first-order valence-electron chi connectivity index (χ1n) is 3.75. The second kappa shape index (κ2) is 3.24. The van der Waals surface area contributed by atoms with E-state index in [9.17, 15) is 13.9 Å². The molecular weight excluding hydrogens is 170 g/mol. The molecule has 0 saturated carbocycles. The van der Waals surface area contributed by atoms with Crippen molar-refractivity contribution >= 4 is 0 Å². The summed E-state index contributed by atoms with van der Waals surface area (Å²) in [5.41, 5.74) is -2.37. The fraction of sp³-hybridized carbons (Fsp3) is 1.00. The molecule has 0 bridgehead atoms. The van der Waals surface area contributed by atoms with Crippen molar-refractivity contribution in [2.75, 3.05) is 13.3 Å². The van der Waals surface area contributed by atoms with Gasteiger partial charge in [-0.1, -0.05) is 0 Å². The number of aliphatic hydroxyl groups excluding tert-OH is 2. The Morgan fingerprint density at radius 3 is 2.42 bits per heavy atom. The topological polar surface area (TPSA) is 49.7 Å². The number of alkyl halides is 2. The van der Waals surface area contributed by atoms with Crippen LogP contribution < -0.4 is 0 Å². The first kappa shape index (κ1) is 9.83. The minimum atomic E-state index is -2.37. The summed E-state index contributed by atoms with van der Waals surface area (Å²) in [5.74, 6) is 0. The van der Waals surface area contributed by atoms with Gasteiger partial charge in [-0.25, -0.2) is 8.78 Å². The molecule has 1 aliphatic rings. The van der Waals surface area contributed by atoms with E-state index < -0.39 is 37.3 Å². The van der Waals surface area contributed by atoms with Gasteiger partial charge in [-0.3, -0.25) is 0 Å². The number of aliphatic hydroxyl groups is 2. The predicted molar refractivity (Wildman–Crippen MR) is 37.2 cm³/mol. The monoisotopic (exact) mass is 182 g/mol. The summed E-state index contributed by atoms with van der Waals surface area (Å²) in [6.45, 7) is -0.471. The highest BCUT2D eigenvalue weighted by atomic mass is 19.2. The molecule has 12 heavy (non-hydrogen) atoms. The van der Waals surface area contributed by atoms with Crippen molar-refractivity contribution in [3.8, 4) is 0 Å². The van der Waals surface area contributed by atoms with Crippen molar-refractivity contribution in [1.29, 1.82) is 0 Å². The van der Waals surface area contributed by atoms with Crippen LogP contribution in [0.5, 0.6) is 0 Å². The van der Waals surface area contributed by atoms with Gasteiger partial charge in [0.05, 0.1) is 12.7 Å². The van der Waals surface area contributed by atoms with Crippen molar-refractivity contribution in [3.05, 3.63) is 0 Å². The van der Waals surface area contributed by atoms with Crippen LogP contribution in [0.2, 0.25) is 0 Å².